The van der Waals surface area contributed by atoms with E-state index < -0.39 is 0 Å². The molecule has 0 aliphatic rings. The molecule has 0 aliphatic carbocycles. The van der Waals surface area contributed by atoms with Crippen molar-refractivity contribution in [3.05, 3.63) is 34.4 Å². The molecular weight excluding hydrogens is 215 g/mol. The lowest BCUT2D eigenvalue weighted by molar-refractivity contribution is 0.618. The number of nitrogens with one attached hydrogen (secondary N) is 1. The van der Waals surface area contributed by atoms with Crippen molar-refractivity contribution in [3.63, 3.8) is 0 Å². The molecule has 2 rings (SSSR count). The molecule has 0 saturated heterocycles. The van der Waals surface area contributed by atoms with E-state index in [4.69, 9.17) is 18.1 Å². The maximum absolute atomic E-state index is 13.0. The van der Waals surface area contributed by atoms with Gasteiger partial charge in [-0.1, -0.05) is 0 Å². The Balaban J connectivity index is 2.59. The van der Waals surface area contributed by atoms with Gasteiger partial charge in [-0.05, 0) is 42.9 Å². The number of hydrogen-bond acceptors (Lipinski definition) is 3. The Kier molecular flexibility index (Phi) is 2.28. The van der Waals surface area contributed by atoms with Crippen LogP contribution in [0.15, 0.2) is 18.2 Å². The molecular formula is C9H9FN4S. The van der Waals surface area contributed by atoms with Gasteiger partial charge in [-0.15, -0.1) is 0 Å². The first-order chi connectivity index (χ1) is 7.09. The number of aryl methyl sites for hydroxylation is 1. The summed E-state index contributed by atoms with van der Waals surface area (Å²) < 4.78 is 14.6. The van der Waals surface area contributed by atoms with Gasteiger partial charge in [0.1, 0.15) is 5.82 Å². The minimum absolute atomic E-state index is 0.253. The van der Waals surface area contributed by atoms with Crippen LogP contribution in [0.25, 0.3) is 11.4 Å². The monoisotopic (exact) mass is 224 g/mol. The molecule has 15 heavy (non-hydrogen) atoms. The van der Waals surface area contributed by atoms with Gasteiger partial charge in [0, 0.05) is 5.56 Å². The van der Waals surface area contributed by atoms with Crippen LogP contribution in [0.1, 0.15) is 5.56 Å². The van der Waals surface area contributed by atoms with Crippen molar-refractivity contribution in [2.75, 3.05) is 5.84 Å². The van der Waals surface area contributed by atoms with Crippen molar-refractivity contribution in [3.8, 4) is 11.4 Å². The number of benzene rings is 1. The SMILES string of the molecule is Cc1cc(-c2n[nH]c(=S)n2N)ccc1F. The fraction of sp³-hybridized carbons (Fsp3) is 0.111. The maximum atomic E-state index is 13.0. The minimum atomic E-state index is -0.253. The topological polar surface area (TPSA) is 59.6 Å². The lowest BCUT2D eigenvalue weighted by Crippen LogP contribution is -2.10. The first-order valence-electron chi connectivity index (χ1n) is 4.28. The van der Waals surface area contributed by atoms with Gasteiger partial charge in [-0.3, -0.25) is 0 Å². The molecule has 78 valence electrons. The molecule has 0 fully saturated rings. The van der Waals surface area contributed by atoms with Crippen LogP contribution in [0.3, 0.4) is 0 Å². The van der Waals surface area contributed by atoms with Crippen LogP contribution in [0.4, 0.5) is 4.39 Å². The third-order valence-electron chi connectivity index (χ3n) is 2.12. The largest absolute Gasteiger partial charge is 0.335 e. The summed E-state index contributed by atoms with van der Waals surface area (Å²) in [5, 5.41) is 6.52. The van der Waals surface area contributed by atoms with E-state index in [0.29, 0.717) is 16.2 Å². The number of rotatable bonds is 1. The predicted molar refractivity (Wildman–Crippen MR) is 57.7 cm³/mol. The normalized spacial score (nSPS) is 10.5. The average Bonchev–Trinajstić information content (AvgIpc) is 2.53. The lowest BCUT2D eigenvalue weighted by atomic mass is 10.1. The summed E-state index contributed by atoms with van der Waals surface area (Å²) in [7, 11) is 0. The van der Waals surface area contributed by atoms with Crippen molar-refractivity contribution >= 4 is 12.2 Å². The average molecular weight is 224 g/mol. The third-order valence-corrected chi connectivity index (χ3v) is 2.41. The van der Waals surface area contributed by atoms with Crippen molar-refractivity contribution in [2.24, 2.45) is 0 Å². The van der Waals surface area contributed by atoms with Crippen LogP contribution in [0, 0.1) is 17.5 Å². The van der Waals surface area contributed by atoms with Crippen molar-refractivity contribution in [2.45, 2.75) is 6.92 Å². The molecule has 0 saturated carbocycles. The highest BCUT2D eigenvalue weighted by molar-refractivity contribution is 7.71. The number of nitrogens with zero attached hydrogens (tertiary/aromatic N) is 2. The maximum Gasteiger partial charge on any atom is 0.214 e. The second kappa shape index (κ2) is 3.47. The number of nitrogens with two attached hydrogens (primary N) is 1. The summed E-state index contributed by atoms with van der Waals surface area (Å²) in [5.41, 5.74) is 1.27. The van der Waals surface area contributed by atoms with Crippen molar-refractivity contribution < 1.29 is 4.39 Å². The minimum Gasteiger partial charge on any atom is -0.335 e. The number of halogens is 1. The van der Waals surface area contributed by atoms with Crippen LogP contribution in [-0.4, -0.2) is 14.9 Å². The highest BCUT2D eigenvalue weighted by Crippen LogP contribution is 2.18. The van der Waals surface area contributed by atoms with Gasteiger partial charge in [0.05, 0.1) is 0 Å². The molecule has 0 bridgehead atoms. The first kappa shape index (κ1) is 9.85. The molecule has 4 nitrogen and oxygen atoms in total. The highest BCUT2D eigenvalue weighted by atomic mass is 32.1. The van der Waals surface area contributed by atoms with Crippen molar-refractivity contribution in [1.82, 2.24) is 14.9 Å². The van der Waals surface area contributed by atoms with E-state index in [1.807, 2.05) is 0 Å². The standard InChI is InChI=1S/C9H9FN4S/c1-5-4-6(2-3-7(5)10)8-12-13-9(15)14(8)11/h2-4H,11H2,1H3,(H,13,15). The zero-order valence-corrected chi connectivity index (χ0v) is 8.81. The molecule has 1 aromatic carbocycles. The van der Waals surface area contributed by atoms with Crippen molar-refractivity contribution in [1.29, 1.82) is 0 Å². The van der Waals surface area contributed by atoms with Gasteiger partial charge in [-0.2, -0.15) is 5.10 Å². The molecule has 6 heteroatoms. The second-order valence-corrected chi connectivity index (χ2v) is 3.57. The fourth-order valence-corrected chi connectivity index (χ4v) is 1.42. The van der Waals surface area contributed by atoms with Crippen LogP contribution in [-0.2, 0) is 0 Å². The Hall–Kier alpha value is -1.69. The van der Waals surface area contributed by atoms with Gasteiger partial charge < -0.3 is 5.84 Å². The summed E-state index contributed by atoms with van der Waals surface area (Å²) >= 11 is 4.88. The van der Waals surface area contributed by atoms with E-state index >= 15 is 0 Å². The Morgan fingerprint density at radius 1 is 1.53 bits per heavy atom. The Morgan fingerprint density at radius 2 is 2.27 bits per heavy atom. The van der Waals surface area contributed by atoms with Crippen LogP contribution < -0.4 is 5.84 Å². The fourth-order valence-electron chi connectivity index (χ4n) is 1.29. The zero-order chi connectivity index (χ0) is 11.0. The van der Waals surface area contributed by atoms with Gasteiger partial charge in [0.25, 0.3) is 0 Å². The molecule has 0 atom stereocenters. The Morgan fingerprint density at radius 3 is 2.80 bits per heavy atom. The summed E-state index contributed by atoms with van der Waals surface area (Å²) in [6.45, 7) is 1.68. The number of hydrogen-bond donors (Lipinski definition) is 2. The number of aromatic amines is 1. The number of nitrogen functional groups attached to an aromatic ring is 1. The smallest absolute Gasteiger partial charge is 0.214 e. The lowest BCUT2D eigenvalue weighted by Gasteiger charge is -2.02. The Labute approximate surface area is 90.5 Å². The van der Waals surface area contributed by atoms with E-state index in [9.17, 15) is 4.39 Å². The molecule has 0 spiro atoms. The quantitative estimate of drug-likeness (QED) is 0.573. The van der Waals surface area contributed by atoms with Crippen LogP contribution in [0.2, 0.25) is 0 Å². The summed E-state index contributed by atoms with van der Waals surface area (Å²) in [6, 6.07) is 4.66. The molecule has 0 amide bonds. The molecule has 0 radical (unpaired) electrons. The Bertz CT molecular complexity index is 557. The summed E-state index contributed by atoms with van der Waals surface area (Å²) in [4.78, 5) is 0. The molecule has 1 heterocycles. The van der Waals surface area contributed by atoms with E-state index in [1.165, 1.54) is 10.7 Å². The molecule has 0 aliphatic heterocycles. The second-order valence-electron chi connectivity index (χ2n) is 3.19. The first-order valence-corrected chi connectivity index (χ1v) is 4.69. The van der Waals surface area contributed by atoms with Gasteiger partial charge in [0.2, 0.25) is 4.77 Å². The van der Waals surface area contributed by atoms with Gasteiger partial charge in [-0.25, -0.2) is 14.2 Å². The van der Waals surface area contributed by atoms with E-state index in [1.54, 1.807) is 19.1 Å². The van der Waals surface area contributed by atoms with E-state index in [2.05, 4.69) is 10.2 Å². The molecule has 2 aromatic rings. The van der Waals surface area contributed by atoms with E-state index in [-0.39, 0.29) is 5.82 Å². The van der Waals surface area contributed by atoms with Crippen LogP contribution >= 0.6 is 12.2 Å². The van der Waals surface area contributed by atoms with E-state index in [0.717, 1.165) is 5.56 Å². The van der Waals surface area contributed by atoms with Gasteiger partial charge >= 0.3 is 0 Å². The molecule has 1 aromatic heterocycles. The summed E-state index contributed by atoms with van der Waals surface area (Å²) in [5.74, 6) is 5.88. The van der Waals surface area contributed by atoms with Crippen LogP contribution in [0.5, 0.6) is 0 Å². The number of aromatic nitrogens is 3. The highest BCUT2D eigenvalue weighted by Gasteiger charge is 2.07. The van der Waals surface area contributed by atoms with Gasteiger partial charge in [0.15, 0.2) is 5.82 Å². The number of H-pyrrole nitrogens is 1. The predicted octanol–water partition coefficient (Wildman–Crippen LogP) is 1.77. The molecule has 0 unspecified atom stereocenters. The zero-order valence-electron chi connectivity index (χ0n) is 7.99. The third kappa shape index (κ3) is 1.63. The summed E-state index contributed by atoms with van der Waals surface area (Å²) in [6.07, 6.45) is 0. The molecule has 3 N–H and O–H groups in total.